The monoisotopic (exact) mass is 590 g/mol. The second-order valence-corrected chi connectivity index (χ2v) is 8.56. The molecule has 4 N–H and O–H groups in total. The molecule has 12 nitrogen and oxygen atoms in total. The first-order valence-corrected chi connectivity index (χ1v) is 11.5. The molecule has 0 aromatic heterocycles. The molecule has 0 saturated heterocycles. The van der Waals surface area contributed by atoms with Crippen LogP contribution < -0.4 is 111 Å². The van der Waals surface area contributed by atoms with Gasteiger partial charge in [0.1, 0.15) is 17.1 Å². The van der Waals surface area contributed by atoms with Crippen molar-refractivity contribution in [3.63, 3.8) is 0 Å². The van der Waals surface area contributed by atoms with E-state index in [2.05, 4.69) is 8.37 Å². The Morgan fingerprint density at radius 3 is 1.42 bits per heavy atom. The van der Waals surface area contributed by atoms with E-state index >= 15 is 0 Å². The summed E-state index contributed by atoms with van der Waals surface area (Å²) in [6.45, 7) is 0. The number of carboxylic acid groups (broad SMARTS) is 1. The van der Waals surface area contributed by atoms with Crippen LogP contribution in [0.2, 0.25) is 0 Å². The van der Waals surface area contributed by atoms with Gasteiger partial charge in [-0.2, -0.15) is 0 Å². The Bertz CT molecular complexity index is 1310. The zero-order valence-corrected chi connectivity index (χ0v) is 26.7. The third kappa shape index (κ3) is 9.19. The second-order valence-electron chi connectivity index (χ2n) is 6.59. The van der Waals surface area contributed by atoms with Gasteiger partial charge in [0.15, 0.2) is 0 Å². The van der Waals surface area contributed by atoms with Crippen LogP contribution in [0, 0.1) is 0 Å². The molecule has 3 aromatic rings. The maximum Gasteiger partial charge on any atom is 1.00 e. The largest absolute Gasteiger partial charge is 1.00 e. The Kier molecular flexibility index (Phi) is 14.1. The minimum absolute atomic E-state index is 0. The van der Waals surface area contributed by atoms with Gasteiger partial charge in [0.25, 0.3) is 20.8 Å². The number of aromatic carboxylic acids is 1. The van der Waals surface area contributed by atoms with E-state index in [1.54, 1.807) is 0 Å². The molecule has 0 saturated carbocycles. The molecule has 0 aliphatic rings. The van der Waals surface area contributed by atoms with Gasteiger partial charge in [-0.05, 0) is 41.5 Å². The van der Waals surface area contributed by atoms with Crippen molar-refractivity contribution in [1.82, 2.24) is 0 Å². The van der Waals surface area contributed by atoms with Gasteiger partial charge in [0.05, 0.1) is 5.56 Å². The predicted octanol–water partition coefficient (Wildman–Crippen LogP) is -5.47. The molecule has 0 heterocycles. The molecular weight excluding hydrogens is 575 g/mol. The summed E-state index contributed by atoms with van der Waals surface area (Å²) in [5, 5.41) is 21.4. The Morgan fingerprint density at radius 2 is 1.08 bits per heavy atom. The SMILES string of the molecule is O.O=C(O)c1ccccc1C(O)(c1ccc(OS(=O)(=O)[O-])cc1)c1ccc(OS(=O)(=O)[O-])cc1.[K+].[K+]. The Morgan fingerprint density at radius 1 is 0.722 bits per heavy atom. The van der Waals surface area contributed by atoms with Crippen LogP contribution in [0.3, 0.4) is 0 Å². The molecule has 3 rings (SSSR count). The van der Waals surface area contributed by atoms with E-state index in [0.717, 1.165) is 24.3 Å². The van der Waals surface area contributed by atoms with Crippen molar-refractivity contribution in [1.29, 1.82) is 0 Å². The minimum Gasteiger partial charge on any atom is -0.716 e. The fraction of sp³-hybridized carbons (Fsp3) is 0.0500. The first-order chi connectivity index (χ1) is 15.3. The normalized spacial score (nSPS) is 11.2. The molecule has 0 atom stereocenters. The van der Waals surface area contributed by atoms with Crippen LogP contribution in [0.1, 0.15) is 27.0 Å². The van der Waals surface area contributed by atoms with E-state index in [4.69, 9.17) is 0 Å². The standard InChI is InChI=1S/C20H16O11S2.2K.H2O/c21-19(22)17-3-1-2-4-18(17)20(23,13-5-9-15(10-6-13)30-32(24,25)26)14-7-11-16(12-8-14)31-33(27,28)29;;;/h1-12,23H,(H,21,22)(H,24,25,26)(H,27,28,29);;;1H2/q;2*+1;/p-2. The topological polar surface area (TPSA) is 222 Å². The van der Waals surface area contributed by atoms with Crippen molar-refractivity contribution >= 4 is 26.8 Å². The van der Waals surface area contributed by atoms with Gasteiger partial charge in [0, 0.05) is 5.56 Å². The summed E-state index contributed by atoms with van der Waals surface area (Å²) in [6.07, 6.45) is 0. The molecule has 36 heavy (non-hydrogen) atoms. The van der Waals surface area contributed by atoms with E-state index in [0.29, 0.717) is 0 Å². The van der Waals surface area contributed by atoms with Crippen molar-refractivity contribution in [2.24, 2.45) is 0 Å². The molecule has 3 aromatic carbocycles. The van der Waals surface area contributed by atoms with Crippen LogP contribution in [0.25, 0.3) is 0 Å². The Balaban J connectivity index is 0.00000408. The molecule has 0 radical (unpaired) electrons. The van der Waals surface area contributed by atoms with Crippen molar-refractivity contribution in [2.75, 3.05) is 0 Å². The molecule has 182 valence electrons. The summed E-state index contributed by atoms with van der Waals surface area (Å²) in [7, 11) is -10.1. The third-order valence-corrected chi connectivity index (χ3v) is 5.28. The van der Waals surface area contributed by atoms with Crippen LogP contribution in [0.5, 0.6) is 11.5 Å². The number of rotatable bonds is 8. The van der Waals surface area contributed by atoms with Gasteiger partial charge in [-0.25, -0.2) is 21.6 Å². The number of hydrogen-bond donors (Lipinski definition) is 2. The molecule has 0 unspecified atom stereocenters. The summed E-state index contributed by atoms with van der Waals surface area (Å²) in [5.74, 6) is -2.03. The molecule has 16 heteroatoms. The molecule has 0 amide bonds. The summed E-state index contributed by atoms with van der Waals surface area (Å²) < 4.78 is 73.3. The Hall–Kier alpha value is -0.257. The van der Waals surface area contributed by atoms with Crippen LogP contribution in [-0.2, 0) is 26.4 Å². The first kappa shape index (κ1) is 35.7. The van der Waals surface area contributed by atoms with Gasteiger partial charge < -0.3 is 33.2 Å². The van der Waals surface area contributed by atoms with Crippen molar-refractivity contribution in [2.45, 2.75) is 5.60 Å². The zero-order valence-electron chi connectivity index (χ0n) is 18.8. The van der Waals surface area contributed by atoms with Gasteiger partial charge >= 0.3 is 109 Å². The van der Waals surface area contributed by atoms with Crippen molar-refractivity contribution in [3.8, 4) is 11.5 Å². The van der Waals surface area contributed by atoms with Crippen LogP contribution >= 0.6 is 0 Å². The number of carboxylic acids is 1. The number of hydrogen-bond acceptors (Lipinski definition) is 10. The summed E-state index contributed by atoms with van der Waals surface area (Å²) >= 11 is 0. The van der Waals surface area contributed by atoms with Crippen molar-refractivity contribution < 1.29 is 158 Å². The summed E-state index contributed by atoms with van der Waals surface area (Å²) in [5.41, 5.74) is -2.38. The maximum absolute atomic E-state index is 11.8. The van der Waals surface area contributed by atoms with E-state index in [9.17, 15) is 40.9 Å². The van der Waals surface area contributed by atoms with Crippen LogP contribution in [0.15, 0.2) is 72.8 Å². The quantitative estimate of drug-likeness (QED) is 0.109. The van der Waals surface area contributed by atoms with Gasteiger partial charge in [-0.15, -0.1) is 0 Å². The summed E-state index contributed by atoms with van der Waals surface area (Å²) in [4.78, 5) is 11.8. The average Bonchev–Trinajstić information content (AvgIpc) is 2.72. The molecular formula is C20H16K2O12S2. The van der Waals surface area contributed by atoms with E-state index in [1.165, 1.54) is 48.5 Å². The van der Waals surface area contributed by atoms with E-state index < -0.39 is 32.4 Å². The fourth-order valence-corrected chi connectivity index (χ4v) is 3.90. The summed E-state index contributed by atoms with van der Waals surface area (Å²) in [6, 6.07) is 14.7. The van der Waals surface area contributed by atoms with Crippen LogP contribution in [0.4, 0.5) is 0 Å². The van der Waals surface area contributed by atoms with Gasteiger partial charge in [0.2, 0.25) is 0 Å². The zero-order chi connectivity index (χ0) is 24.4. The average molecular weight is 591 g/mol. The maximum atomic E-state index is 11.8. The van der Waals surface area contributed by atoms with Gasteiger partial charge in [-0.1, -0.05) is 42.5 Å². The number of aliphatic hydroxyl groups is 1. The van der Waals surface area contributed by atoms with E-state index in [-0.39, 0.29) is 142 Å². The van der Waals surface area contributed by atoms with Crippen LogP contribution in [-0.4, -0.2) is 47.6 Å². The third-order valence-electron chi connectivity index (χ3n) is 4.49. The first-order valence-electron chi connectivity index (χ1n) is 8.86. The molecule has 0 bridgehead atoms. The molecule has 0 aliphatic heterocycles. The minimum atomic E-state index is -5.05. The van der Waals surface area contributed by atoms with E-state index in [1.807, 2.05) is 0 Å². The predicted molar refractivity (Wildman–Crippen MR) is 113 cm³/mol. The molecule has 0 fully saturated rings. The number of carbonyl (C=O) groups is 1. The smallest absolute Gasteiger partial charge is 0.716 e. The fourth-order valence-electron chi connectivity index (χ4n) is 3.20. The number of benzene rings is 3. The second kappa shape index (κ2) is 14.2. The molecule has 0 spiro atoms. The molecule has 0 aliphatic carbocycles. The van der Waals surface area contributed by atoms with Gasteiger partial charge in [-0.3, -0.25) is 0 Å². The Labute approximate surface area is 291 Å². The van der Waals surface area contributed by atoms with Crippen molar-refractivity contribution in [3.05, 3.63) is 95.1 Å².